The van der Waals surface area contributed by atoms with Crippen LogP contribution in [-0.4, -0.2) is 30.5 Å². The van der Waals surface area contributed by atoms with Crippen LogP contribution in [0.2, 0.25) is 0 Å². The van der Waals surface area contributed by atoms with E-state index in [4.69, 9.17) is 0 Å². The Hall–Kier alpha value is -2.83. The lowest BCUT2D eigenvalue weighted by Gasteiger charge is -2.12. The number of hydrogen-bond acceptors (Lipinski definition) is 5. The number of nitrogens with zero attached hydrogens (tertiary/aromatic N) is 2. The van der Waals surface area contributed by atoms with Crippen LogP contribution in [0.15, 0.2) is 57.8 Å². The van der Waals surface area contributed by atoms with Gasteiger partial charge in [-0.15, -0.1) is 16.2 Å². The Morgan fingerprint density at radius 3 is 2.56 bits per heavy atom. The summed E-state index contributed by atoms with van der Waals surface area (Å²) in [5.41, 5.74) is 3.91. The van der Waals surface area contributed by atoms with Crippen LogP contribution in [-0.2, 0) is 6.42 Å². The zero-order valence-corrected chi connectivity index (χ0v) is 16.0. The number of aromatic amines is 1. The molecule has 0 saturated carbocycles. The summed E-state index contributed by atoms with van der Waals surface area (Å²) >= 11 is 1.40. The maximum absolute atomic E-state index is 12.3. The van der Waals surface area contributed by atoms with Crippen molar-refractivity contribution in [1.29, 1.82) is 0 Å². The number of likely N-dealkylation sites (N-methyl/N-ethyl adjacent to an activating group) is 1. The first-order valence-corrected chi connectivity index (χ1v) is 9.60. The van der Waals surface area contributed by atoms with Gasteiger partial charge < -0.3 is 9.88 Å². The van der Waals surface area contributed by atoms with Crippen molar-refractivity contribution in [2.75, 3.05) is 20.6 Å². The summed E-state index contributed by atoms with van der Waals surface area (Å²) in [6.07, 6.45) is 0.962. The standard InChI is InChI=1S/C21H19N3O2S/c1-24(2)11-9-13-3-5-14(6-4-13)18-17(23-26)8-7-16-19(18)15-10-12-27-20(15)21(25)22-16/h3-8,10,12H,9,11H2,1-2H3,(H,22,25). The molecular weight excluding hydrogens is 358 g/mol. The van der Waals surface area contributed by atoms with E-state index >= 15 is 0 Å². The number of hydrogen-bond donors (Lipinski definition) is 1. The van der Waals surface area contributed by atoms with Gasteiger partial charge in [0.25, 0.3) is 5.56 Å². The van der Waals surface area contributed by atoms with Crippen LogP contribution in [0.4, 0.5) is 5.69 Å². The molecule has 5 nitrogen and oxygen atoms in total. The molecule has 2 heterocycles. The Morgan fingerprint density at radius 2 is 1.85 bits per heavy atom. The van der Waals surface area contributed by atoms with Crippen molar-refractivity contribution >= 4 is 38.0 Å². The largest absolute Gasteiger partial charge is 0.321 e. The Bertz CT molecular complexity index is 1190. The van der Waals surface area contributed by atoms with Gasteiger partial charge >= 0.3 is 0 Å². The van der Waals surface area contributed by atoms with Crippen LogP contribution in [0.25, 0.3) is 32.1 Å². The van der Waals surface area contributed by atoms with E-state index in [1.54, 1.807) is 12.1 Å². The topological polar surface area (TPSA) is 65.5 Å². The predicted octanol–water partition coefficient (Wildman–Crippen LogP) is 4.91. The molecular formula is C21H19N3O2S. The molecule has 4 rings (SSSR count). The van der Waals surface area contributed by atoms with Crippen molar-refractivity contribution in [2.24, 2.45) is 5.18 Å². The summed E-state index contributed by atoms with van der Waals surface area (Å²) < 4.78 is 0.661. The monoisotopic (exact) mass is 377 g/mol. The number of thiophene rings is 1. The number of nitroso groups, excluding NO2 is 1. The fourth-order valence-corrected chi connectivity index (χ4v) is 4.19. The maximum Gasteiger partial charge on any atom is 0.266 e. The molecule has 0 aliphatic carbocycles. The van der Waals surface area contributed by atoms with Crippen molar-refractivity contribution in [2.45, 2.75) is 6.42 Å². The Morgan fingerprint density at radius 1 is 1.07 bits per heavy atom. The summed E-state index contributed by atoms with van der Waals surface area (Å²) in [4.78, 5) is 28.9. The highest BCUT2D eigenvalue weighted by molar-refractivity contribution is 7.17. The average molecular weight is 377 g/mol. The first-order valence-electron chi connectivity index (χ1n) is 8.72. The summed E-state index contributed by atoms with van der Waals surface area (Å²) in [7, 11) is 4.11. The third-order valence-corrected chi connectivity index (χ3v) is 5.67. The van der Waals surface area contributed by atoms with Gasteiger partial charge in [-0.3, -0.25) is 4.79 Å². The molecule has 0 unspecified atom stereocenters. The van der Waals surface area contributed by atoms with E-state index in [1.165, 1.54) is 16.9 Å². The summed E-state index contributed by atoms with van der Waals surface area (Å²) in [6.45, 7) is 0.978. The molecule has 1 N–H and O–H groups in total. The number of H-pyrrole nitrogens is 1. The molecule has 2 aromatic carbocycles. The lowest BCUT2D eigenvalue weighted by molar-refractivity contribution is 0.413. The third kappa shape index (κ3) is 3.18. The van der Waals surface area contributed by atoms with E-state index in [1.807, 2.05) is 23.6 Å². The Kier molecular flexibility index (Phi) is 4.59. The molecule has 0 spiro atoms. The fraction of sp³-hybridized carbons (Fsp3) is 0.190. The molecule has 0 saturated heterocycles. The van der Waals surface area contributed by atoms with Crippen LogP contribution in [0, 0.1) is 4.91 Å². The highest BCUT2D eigenvalue weighted by Crippen LogP contribution is 2.40. The first-order chi connectivity index (χ1) is 13.1. The van der Waals surface area contributed by atoms with E-state index in [-0.39, 0.29) is 5.56 Å². The van der Waals surface area contributed by atoms with Crippen molar-refractivity contribution in [3.05, 3.63) is 68.7 Å². The molecule has 27 heavy (non-hydrogen) atoms. The maximum atomic E-state index is 12.3. The molecule has 6 heteroatoms. The lowest BCUT2D eigenvalue weighted by atomic mass is 9.95. The van der Waals surface area contributed by atoms with Gasteiger partial charge in [0.2, 0.25) is 0 Å². The quantitative estimate of drug-likeness (QED) is 0.503. The van der Waals surface area contributed by atoms with Crippen molar-refractivity contribution < 1.29 is 0 Å². The molecule has 0 atom stereocenters. The minimum atomic E-state index is -0.107. The van der Waals surface area contributed by atoms with Gasteiger partial charge in [0.1, 0.15) is 10.4 Å². The van der Waals surface area contributed by atoms with E-state index < -0.39 is 0 Å². The molecule has 0 aliphatic rings. The number of benzene rings is 2. The van der Waals surface area contributed by atoms with Gasteiger partial charge in [0.05, 0.1) is 0 Å². The SMILES string of the molecule is CN(C)CCc1ccc(-c2c(N=O)ccc3[nH]c(=O)c4sccc4c23)cc1. The molecule has 2 aromatic heterocycles. The van der Waals surface area contributed by atoms with Gasteiger partial charge in [-0.2, -0.15) is 0 Å². The van der Waals surface area contributed by atoms with Crippen LogP contribution in [0.1, 0.15) is 5.56 Å². The molecule has 0 fully saturated rings. The second-order valence-electron chi connectivity index (χ2n) is 6.84. The molecule has 0 amide bonds. The Labute approximate surface area is 160 Å². The fourth-order valence-electron chi connectivity index (χ4n) is 3.40. The molecule has 0 radical (unpaired) electrons. The third-order valence-electron chi connectivity index (χ3n) is 4.76. The minimum absolute atomic E-state index is 0.107. The average Bonchev–Trinajstić information content (AvgIpc) is 3.16. The molecule has 4 aromatic rings. The number of rotatable bonds is 5. The van der Waals surface area contributed by atoms with Crippen LogP contribution in [0.3, 0.4) is 0 Å². The zero-order valence-electron chi connectivity index (χ0n) is 15.2. The van der Waals surface area contributed by atoms with E-state index in [0.717, 1.165) is 34.9 Å². The lowest BCUT2D eigenvalue weighted by Crippen LogP contribution is -2.14. The normalized spacial score (nSPS) is 11.5. The van der Waals surface area contributed by atoms with Crippen molar-refractivity contribution in [1.82, 2.24) is 9.88 Å². The van der Waals surface area contributed by atoms with Gasteiger partial charge in [0.15, 0.2) is 0 Å². The number of fused-ring (bicyclic) bond motifs is 3. The van der Waals surface area contributed by atoms with Gasteiger partial charge in [-0.1, -0.05) is 24.3 Å². The van der Waals surface area contributed by atoms with Crippen LogP contribution < -0.4 is 5.56 Å². The van der Waals surface area contributed by atoms with Gasteiger partial charge in [-0.05, 0) is 60.4 Å². The van der Waals surface area contributed by atoms with Crippen LogP contribution in [0.5, 0.6) is 0 Å². The second-order valence-corrected chi connectivity index (χ2v) is 7.76. The van der Waals surface area contributed by atoms with E-state index in [9.17, 15) is 9.70 Å². The number of aromatic nitrogens is 1. The zero-order chi connectivity index (χ0) is 19.0. The van der Waals surface area contributed by atoms with Crippen molar-refractivity contribution in [3.8, 4) is 11.1 Å². The first kappa shape index (κ1) is 17.6. The Balaban J connectivity index is 1.93. The van der Waals surface area contributed by atoms with Gasteiger partial charge in [-0.25, -0.2) is 0 Å². The van der Waals surface area contributed by atoms with E-state index in [2.05, 4.69) is 41.3 Å². The minimum Gasteiger partial charge on any atom is -0.321 e. The summed E-state index contributed by atoms with van der Waals surface area (Å²) in [6, 6.07) is 13.6. The van der Waals surface area contributed by atoms with Gasteiger partial charge in [0, 0.05) is 28.4 Å². The highest BCUT2D eigenvalue weighted by atomic mass is 32.1. The molecule has 0 bridgehead atoms. The van der Waals surface area contributed by atoms with E-state index in [0.29, 0.717) is 15.9 Å². The second kappa shape index (κ2) is 7.06. The summed E-state index contributed by atoms with van der Waals surface area (Å²) in [5.74, 6) is 0. The predicted molar refractivity (Wildman–Crippen MR) is 113 cm³/mol. The number of pyridine rings is 1. The van der Waals surface area contributed by atoms with Crippen molar-refractivity contribution in [3.63, 3.8) is 0 Å². The smallest absolute Gasteiger partial charge is 0.266 e. The molecule has 0 aliphatic heterocycles. The number of nitrogens with one attached hydrogen (secondary N) is 1. The molecule has 136 valence electrons. The highest BCUT2D eigenvalue weighted by Gasteiger charge is 2.16. The summed E-state index contributed by atoms with van der Waals surface area (Å²) in [5, 5.41) is 6.87. The van der Waals surface area contributed by atoms with Crippen LogP contribution >= 0.6 is 11.3 Å².